The Morgan fingerprint density at radius 1 is 1.03 bits per heavy atom. The van der Waals surface area contributed by atoms with Gasteiger partial charge in [0.05, 0.1) is 6.10 Å². The van der Waals surface area contributed by atoms with E-state index in [1.165, 1.54) is 0 Å². The van der Waals surface area contributed by atoms with E-state index in [0.29, 0.717) is 5.82 Å². The van der Waals surface area contributed by atoms with Gasteiger partial charge in [-0.05, 0) is 66.5 Å². The molecule has 6 heteroatoms. The summed E-state index contributed by atoms with van der Waals surface area (Å²) in [5.41, 5.74) is 8.24. The van der Waals surface area contributed by atoms with Crippen LogP contribution in [0.3, 0.4) is 0 Å². The summed E-state index contributed by atoms with van der Waals surface area (Å²) >= 11 is 0. The number of hydrogen-bond acceptors (Lipinski definition) is 6. The third-order valence-corrected chi connectivity index (χ3v) is 6.43. The number of anilines is 1. The van der Waals surface area contributed by atoms with E-state index in [2.05, 4.69) is 34.1 Å². The van der Waals surface area contributed by atoms with E-state index in [4.69, 9.17) is 15.2 Å². The van der Waals surface area contributed by atoms with Crippen molar-refractivity contribution < 1.29 is 14.6 Å². The second-order valence-corrected chi connectivity index (χ2v) is 8.47. The predicted molar refractivity (Wildman–Crippen MR) is 122 cm³/mol. The molecule has 3 aromatic rings. The quantitative estimate of drug-likeness (QED) is 0.654. The summed E-state index contributed by atoms with van der Waals surface area (Å²) in [6.45, 7) is 2.43. The summed E-state index contributed by atoms with van der Waals surface area (Å²) in [5.74, 6) is 1.44. The van der Waals surface area contributed by atoms with Crippen LogP contribution in [0.25, 0.3) is 21.9 Å². The van der Waals surface area contributed by atoms with E-state index >= 15 is 0 Å². The van der Waals surface area contributed by atoms with Crippen molar-refractivity contribution >= 4 is 16.6 Å². The van der Waals surface area contributed by atoms with Crippen molar-refractivity contribution in [1.82, 2.24) is 9.88 Å². The highest BCUT2D eigenvalue weighted by Crippen LogP contribution is 2.29. The summed E-state index contributed by atoms with van der Waals surface area (Å²) in [4.78, 5) is 6.28. The van der Waals surface area contributed by atoms with Gasteiger partial charge in [0.2, 0.25) is 0 Å². The Labute approximate surface area is 182 Å². The molecule has 0 spiro atoms. The first-order valence-electron chi connectivity index (χ1n) is 11.1. The molecule has 0 aliphatic carbocycles. The second-order valence-electron chi connectivity index (χ2n) is 8.47. The molecule has 3 N–H and O–H groups in total. The number of likely N-dealkylation sites (tertiary alicyclic amines) is 1. The van der Waals surface area contributed by atoms with Crippen LogP contribution >= 0.6 is 0 Å². The van der Waals surface area contributed by atoms with E-state index < -0.39 is 6.23 Å². The lowest BCUT2D eigenvalue weighted by molar-refractivity contribution is -0.104. The summed E-state index contributed by atoms with van der Waals surface area (Å²) < 4.78 is 11.9. The fourth-order valence-corrected chi connectivity index (χ4v) is 4.63. The Morgan fingerprint density at radius 2 is 1.81 bits per heavy atom. The van der Waals surface area contributed by atoms with Gasteiger partial charge >= 0.3 is 0 Å². The minimum Gasteiger partial charge on any atom is -0.490 e. The molecule has 31 heavy (non-hydrogen) atoms. The van der Waals surface area contributed by atoms with Crippen LogP contribution in [-0.2, 0) is 4.74 Å². The zero-order valence-corrected chi connectivity index (χ0v) is 17.6. The summed E-state index contributed by atoms with van der Waals surface area (Å²) in [5, 5.41) is 12.6. The molecule has 2 saturated heterocycles. The van der Waals surface area contributed by atoms with Crippen molar-refractivity contribution in [3.05, 3.63) is 54.7 Å². The van der Waals surface area contributed by atoms with Gasteiger partial charge in [-0.2, -0.15) is 0 Å². The van der Waals surface area contributed by atoms with Gasteiger partial charge in [-0.25, -0.2) is 4.98 Å². The number of aliphatic hydroxyl groups excluding tert-OH is 1. The average molecular weight is 420 g/mol. The summed E-state index contributed by atoms with van der Waals surface area (Å²) in [7, 11) is 0. The van der Waals surface area contributed by atoms with E-state index in [-0.39, 0.29) is 12.2 Å². The smallest absolute Gasteiger partial charge is 0.133 e. The Balaban J connectivity index is 1.19. The molecule has 0 amide bonds. The van der Waals surface area contributed by atoms with Crippen molar-refractivity contribution in [3.8, 4) is 16.9 Å². The van der Waals surface area contributed by atoms with Crippen LogP contribution in [0.15, 0.2) is 54.7 Å². The highest BCUT2D eigenvalue weighted by Gasteiger charge is 2.32. The Hall–Kier alpha value is -2.67. The highest BCUT2D eigenvalue weighted by molar-refractivity contribution is 5.93. The fourth-order valence-electron chi connectivity index (χ4n) is 4.63. The van der Waals surface area contributed by atoms with Gasteiger partial charge in [0, 0.05) is 31.3 Å². The van der Waals surface area contributed by atoms with Crippen molar-refractivity contribution in [1.29, 1.82) is 0 Å². The number of aromatic nitrogens is 1. The van der Waals surface area contributed by atoms with Crippen LogP contribution in [0.2, 0.25) is 0 Å². The summed E-state index contributed by atoms with van der Waals surface area (Å²) in [6, 6.07) is 16.5. The lowest BCUT2D eigenvalue weighted by Gasteiger charge is -2.36. The normalized spacial score (nSPS) is 21.4. The Morgan fingerprint density at radius 3 is 2.55 bits per heavy atom. The molecular weight excluding hydrogens is 390 g/mol. The number of benzene rings is 2. The molecule has 0 radical (unpaired) electrons. The van der Waals surface area contributed by atoms with Crippen LogP contribution < -0.4 is 10.5 Å². The first-order chi connectivity index (χ1) is 15.2. The number of rotatable bonds is 5. The van der Waals surface area contributed by atoms with E-state index in [9.17, 15) is 5.11 Å². The standard InChI is InChI=1S/C25H29N3O3/c26-24-22-8-5-18(16-19(22)9-12-27-24)17-3-6-20(7-4-17)31-21-10-13-28(14-11-21)25(29)23-2-1-15-30-23/h3-9,12,16,21,23,25,29H,1-2,10-11,13-15H2,(H2,26,27)/t23-,25?/m1/s1. The molecule has 0 saturated carbocycles. The van der Waals surface area contributed by atoms with Gasteiger partial charge in [0.15, 0.2) is 0 Å². The van der Waals surface area contributed by atoms with Crippen LogP contribution in [0, 0.1) is 0 Å². The minimum absolute atomic E-state index is 0.0344. The maximum absolute atomic E-state index is 10.5. The minimum atomic E-state index is -0.490. The largest absolute Gasteiger partial charge is 0.490 e. The molecular formula is C25H29N3O3. The van der Waals surface area contributed by atoms with Crippen LogP contribution in [0.1, 0.15) is 25.7 Å². The van der Waals surface area contributed by atoms with Crippen molar-refractivity contribution in [2.75, 3.05) is 25.4 Å². The molecule has 3 heterocycles. The fraction of sp³-hybridized carbons (Fsp3) is 0.400. The maximum atomic E-state index is 10.5. The molecule has 162 valence electrons. The number of nitrogen functional groups attached to an aromatic ring is 1. The van der Waals surface area contributed by atoms with Gasteiger partial charge in [0.25, 0.3) is 0 Å². The predicted octanol–water partition coefficient (Wildman–Crippen LogP) is 3.82. The number of hydrogen-bond donors (Lipinski definition) is 2. The van der Waals surface area contributed by atoms with Gasteiger partial charge in [-0.3, -0.25) is 4.90 Å². The number of aliphatic hydroxyl groups is 1. The molecule has 2 aliphatic heterocycles. The van der Waals surface area contributed by atoms with Crippen molar-refractivity contribution in [3.63, 3.8) is 0 Å². The molecule has 2 aromatic carbocycles. The first-order valence-corrected chi connectivity index (χ1v) is 11.1. The number of piperidine rings is 1. The lowest BCUT2D eigenvalue weighted by Crippen LogP contribution is -2.48. The molecule has 6 nitrogen and oxygen atoms in total. The average Bonchev–Trinajstić information content (AvgIpc) is 3.35. The van der Waals surface area contributed by atoms with Crippen molar-refractivity contribution in [2.24, 2.45) is 0 Å². The maximum Gasteiger partial charge on any atom is 0.133 e. The van der Waals surface area contributed by atoms with Gasteiger partial charge in [-0.15, -0.1) is 0 Å². The number of nitrogens with two attached hydrogens (primary N) is 1. The molecule has 2 fully saturated rings. The SMILES string of the molecule is Nc1nccc2cc(-c3ccc(OC4CCN(C(O)[C@H]5CCCO5)CC4)cc3)ccc12. The highest BCUT2D eigenvalue weighted by atomic mass is 16.5. The Bertz CT molecular complexity index is 1030. The Kier molecular flexibility index (Phi) is 5.76. The molecule has 2 atom stereocenters. The zero-order valence-electron chi connectivity index (χ0n) is 17.6. The molecule has 5 rings (SSSR count). The van der Waals surface area contributed by atoms with E-state index in [1.807, 2.05) is 24.3 Å². The number of fused-ring (bicyclic) bond motifs is 1. The number of pyridine rings is 1. The van der Waals surface area contributed by atoms with Gasteiger partial charge < -0.3 is 20.3 Å². The number of nitrogens with zero attached hydrogens (tertiary/aromatic N) is 2. The van der Waals surface area contributed by atoms with Gasteiger partial charge in [0.1, 0.15) is 23.9 Å². The topological polar surface area (TPSA) is 80.8 Å². The first kappa shape index (κ1) is 20.2. The van der Waals surface area contributed by atoms with Crippen LogP contribution in [-0.4, -0.2) is 53.1 Å². The third-order valence-electron chi connectivity index (χ3n) is 6.43. The monoisotopic (exact) mass is 419 g/mol. The zero-order chi connectivity index (χ0) is 21.2. The van der Waals surface area contributed by atoms with Crippen LogP contribution in [0.4, 0.5) is 5.82 Å². The molecule has 0 bridgehead atoms. The van der Waals surface area contributed by atoms with E-state index in [0.717, 1.165) is 73.0 Å². The molecule has 1 unspecified atom stereocenters. The van der Waals surface area contributed by atoms with E-state index in [1.54, 1.807) is 6.20 Å². The lowest BCUT2D eigenvalue weighted by atomic mass is 10.0. The molecule has 2 aliphatic rings. The van der Waals surface area contributed by atoms with Crippen LogP contribution in [0.5, 0.6) is 5.75 Å². The van der Waals surface area contributed by atoms with Gasteiger partial charge in [-0.1, -0.05) is 24.3 Å². The number of ether oxygens (including phenoxy) is 2. The molecule has 1 aromatic heterocycles. The second kappa shape index (κ2) is 8.83. The third kappa shape index (κ3) is 4.37. The van der Waals surface area contributed by atoms with Crippen molar-refractivity contribution in [2.45, 2.75) is 44.1 Å². The summed E-state index contributed by atoms with van der Waals surface area (Å²) in [6.07, 6.45) is 5.20.